The van der Waals surface area contributed by atoms with E-state index in [9.17, 15) is 8.42 Å². The molecule has 116 valence electrons. The molecule has 0 unspecified atom stereocenters. The number of furan rings is 1. The number of nitrogens with one attached hydrogen (secondary N) is 1. The Morgan fingerprint density at radius 3 is 2.40 bits per heavy atom. The molecule has 0 aliphatic rings. The molecule has 0 aliphatic heterocycles. The Balaban J connectivity index is 2.92. The van der Waals surface area contributed by atoms with Crippen LogP contribution in [0.1, 0.15) is 39.4 Å². The third-order valence-corrected chi connectivity index (χ3v) is 5.37. The van der Waals surface area contributed by atoms with E-state index in [1.807, 2.05) is 6.92 Å². The Hall–Kier alpha value is -0.850. The maximum atomic E-state index is 12.6. The summed E-state index contributed by atoms with van der Waals surface area (Å²) in [5.74, 6) is 1.01. The molecule has 0 amide bonds. The van der Waals surface area contributed by atoms with Crippen molar-refractivity contribution in [1.82, 2.24) is 9.62 Å². The molecule has 20 heavy (non-hydrogen) atoms. The lowest BCUT2D eigenvalue weighted by molar-refractivity contribution is 0.323. The van der Waals surface area contributed by atoms with Gasteiger partial charge < -0.3 is 9.73 Å². The molecule has 1 aromatic heterocycles. The molecule has 0 fully saturated rings. The molecule has 6 heteroatoms. The molecule has 0 aliphatic carbocycles. The highest BCUT2D eigenvalue weighted by atomic mass is 32.2. The van der Waals surface area contributed by atoms with Crippen molar-refractivity contribution in [3.63, 3.8) is 0 Å². The van der Waals surface area contributed by atoms with Crippen LogP contribution in [0.25, 0.3) is 0 Å². The third kappa shape index (κ3) is 4.07. The molecule has 0 radical (unpaired) electrons. The van der Waals surface area contributed by atoms with Gasteiger partial charge in [0.1, 0.15) is 5.76 Å². The largest absolute Gasteiger partial charge is 0.447 e. The maximum Gasteiger partial charge on any atom is 0.276 e. The lowest BCUT2D eigenvalue weighted by Gasteiger charge is -2.23. The lowest BCUT2D eigenvalue weighted by atomic mass is 10.0. The van der Waals surface area contributed by atoms with Crippen molar-refractivity contribution >= 4 is 10.0 Å². The molecule has 5 nitrogen and oxygen atoms in total. The van der Waals surface area contributed by atoms with Gasteiger partial charge in [-0.2, -0.15) is 4.31 Å². The van der Waals surface area contributed by atoms with Crippen molar-refractivity contribution in [2.75, 3.05) is 20.1 Å². The molecule has 1 aromatic rings. The molecule has 0 saturated carbocycles. The highest BCUT2D eigenvalue weighted by molar-refractivity contribution is 7.89. The standard InChI is InChI=1S/C14H26N2O3S/c1-5-12(6-2)11-16(7-3)20(17,18)14-9-8-13(19-14)10-15-4/h8-9,12,15H,5-7,10-11H2,1-4H3. The second kappa shape index (κ2) is 7.81. The molecule has 0 aromatic carbocycles. The molecule has 0 saturated heterocycles. The number of sulfonamides is 1. The first kappa shape index (κ1) is 17.2. The lowest BCUT2D eigenvalue weighted by Crippen LogP contribution is -2.34. The van der Waals surface area contributed by atoms with Crippen LogP contribution in [0.2, 0.25) is 0 Å². The van der Waals surface area contributed by atoms with Crippen LogP contribution < -0.4 is 5.32 Å². The second-order valence-corrected chi connectivity index (χ2v) is 6.76. The first-order valence-corrected chi connectivity index (χ1v) is 8.66. The Morgan fingerprint density at radius 2 is 1.90 bits per heavy atom. The van der Waals surface area contributed by atoms with Crippen molar-refractivity contribution in [1.29, 1.82) is 0 Å². The number of rotatable bonds is 9. The van der Waals surface area contributed by atoms with Crippen LogP contribution in [0.4, 0.5) is 0 Å². The molecule has 0 bridgehead atoms. The Kier molecular flexibility index (Phi) is 6.71. The van der Waals surface area contributed by atoms with Crippen LogP contribution >= 0.6 is 0 Å². The predicted molar refractivity (Wildman–Crippen MR) is 80.0 cm³/mol. The predicted octanol–water partition coefficient (Wildman–Crippen LogP) is 2.45. The minimum Gasteiger partial charge on any atom is -0.447 e. The molecular formula is C14H26N2O3S. The highest BCUT2D eigenvalue weighted by Crippen LogP contribution is 2.21. The van der Waals surface area contributed by atoms with E-state index in [-0.39, 0.29) is 5.09 Å². The first-order chi connectivity index (χ1) is 9.49. The van der Waals surface area contributed by atoms with Crippen LogP contribution in [0, 0.1) is 5.92 Å². The number of nitrogens with zero attached hydrogens (tertiary/aromatic N) is 1. The van der Waals surface area contributed by atoms with Gasteiger partial charge in [0.05, 0.1) is 6.54 Å². The zero-order chi connectivity index (χ0) is 15.2. The summed E-state index contributed by atoms with van der Waals surface area (Å²) in [6.07, 6.45) is 1.96. The fourth-order valence-electron chi connectivity index (χ4n) is 2.13. The Bertz CT molecular complexity index is 492. The average Bonchev–Trinajstić information content (AvgIpc) is 2.90. The van der Waals surface area contributed by atoms with Crippen LogP contribution in [-0.4, -0.2) is 32.9 Å². The van der Waals surface area contributed by atoms with Crippen molar-refractivity contribution in [3.8, 4) is 0 Å². The molecule has 1 rings (SSSR count). The van der Waals surface area contributed by atoms with Crippen LogP contribution in [0.15, 0.2) is 21.6 Å². The van der Waals surface area contributed by atoms with Crippen LogP contribution in [-0.2, 0) is 16.6 Å². The van der Waals surface area contributed by atoms with E-state index in [1.165, 1.54) is 10.4 Å². The fraction of sp³-hybridized carbons (Fsp3) is 0.714. The molecule has 0 atom stereocenters. The summed E-state index contributed by atoms with van der Waals surface area (Å²) in [6.45, 7) is 7.57. The Labute approximate surface area is 122 Å². The third-order valence-electron chi connectivity index (χ3n) is 3.55. The zero-order valence-corrected chi connectivity index (χ0v) is 13.7. The first-order valence-electron chi connectivity index (χ1n) is 7.22. The van der Waals surface area contributed by atoms with E-state index in [2.05, 4.69) is 19.2 Å². The average molecular weight is 302 g/mol. The summed E-state index contributed by atoms with van der Waals surface area (Å²) in [5.41, 5.74) is 0. The number of hydrogen-bond acceptors (Lipinski definition) is 4. The van der Waals surface area contributed by atoms with E-state index < -0.39 is 10.0 Å². The van der Waals surface area contributed by atoms with Crippen molar-refractivity contribution in [2.24, 2.45) is 5.92 Å². The van der Waals surface area contributed by atoms with Crippen molar-refractivity contribution in [3.05, 3.63) is 17.9 Å². The topological polar surface area (TPSA) is 62.6 Å². The number of hydrogen-bond donors (Lipinski definition) is 1. The van der Waals surface area contributed by atoms with E-state index in [1.54, 1.807) is 13.1 Å². The monoisotopic (exact) mass is 302 g/mol. The van der Waals surface area contributed by atoms with Gasteiger partial charge in [-0.1, -0.05) is 33.6 Å². The minimum atomic E-state index is -3.52. The normalized spacial score (nSPS) is 12.5. The van der Waals surface area contributed by atoms with Gasteiger partial charge in [0.25, 0.3) is 10.0 Å². The van der Waals surface area contributed by atoms with Crippen LogP contribution in [0.5, 0.6) is 0 Å². The second-order valence-electron chi connectivity index (χ2n) is 4.89. The molecule has 0 spiro atoms. The molecular weight excluding hydrogens is 276 g/mol. The summed E-state index contributed by atoms with van der Waals surface area (Å²) in [4.78, 5) is 0. The van der Waals surface area contributed by atoms with Gasteiger partial charge in [-0.25, -0.2) is 8.42 Å². The van der Waals surface area contributed by atoms with Gasteiger partial charge in [0.2, 0.25) is 5.09 Å². The van der Waals surface area contributed by atoms with Gasteiger partial charge >= 0.3 is 0 Å². The van der Waals surface area contributed by atoms with Crippen molar-refractivity contribution < 1.29 is 12.8 Å². The summed E-state index contributed by atoms with van der Waals surface area (Å²) >= 11 is 0. The maximum absolute atomic E-state index is 12.6. The highest BCUT2D eigenvalue weighted by Gasteiger charge is 2.27. The zero-order valence-electron chi connectivity index (χ0n) is 12.8. The fourth-order valence-corrected chi connectivity index (χ4v) is 3.58. The van der Waals surface area contributed by atoms with Crippen molar-refractivity contribution in [2.45, 2.75) is 45.2 Å². The molecule has 1 N–H and O–H groups in total. The van der Waals surface area contributed by atoms with E-state index in [0.29, 0.717) is 31.3 Å². The minimum absolute atomic E-state index is 0.0376. The van der Waals surface area contributed by atoms with Gasteiger partial charge in [0, 0.05) is 13.1 Å². The quantitative estimate of drug-likeness (QED) is 0.761. The Morgan fingerprint density at radius 1 is 1.25 bits per heavy atom. The molecule has 1 heterocycles. The van der Waals surface area contributed by atoms with Gasteiger partial charge in [-0.3, -0.25) is 0 Å². The summed E-state index contributed by atoms with van der Waals surface area (Å²) in [5, 5.41) is 2.98. The van der Waals surface area contributed by atoms with E-state index in [0.717, 1.165) is 12.8 Å². The van der Waals surface area contributed by atoms with E-state index >= 15 is 0 Å². The van der Waals surface area contributed by atoms with E-state index in [4.69, 9.17) is 4.42 Å². The van der Waals surface area contributed by atoms with Gasteiger partial charge in [-0.05, 0) is 25.1 Å². The van der Waals surface area contributed by atoms with Crippen LogP contribution in [0.3, 0.4) is 0 Å². The summed E-state index contributed by atoms with van der Waals surface area (Å²) in [7, 11) is -1.73. The van der Waals surface area contributed by atoms with Gasteiger partial charge in [-0.15, -0.1) is 0 Å². The summed E-state index contributed by atoms with van der Waals surface area (Å²) in [6, 6.07) is 3.24. The smallest absolute Gasteiger partial charge is 0.276 e. The SMILES string of the molecule is CCC(CC)CN(CC)S(=O)(=O)c1ccc(CNC)o1. The van der Waals surface area contributed by atoms with Gasteiger partial charge in [0.15, 0.2) is 0 Å². The summed E-state index contributed by atoms with van der Waals surface area (Å²) < 4.78 is 32.1.